The van der Waals surface area contributed by atoms with E-state index in [0.29, 0.717) is 0 Å². The first kappa shape index (κ1) is 10.9. The zero-order valence-electron chi connectivity index (χ0n) is 5.13. The van der Waals surface area contributed by atoms with E-state index in [4.69, 9.17) is 27.9 Å². The maximum atomic E-state index is 4.97. The predicted molar refractivity (Wildman–Crippen MR) is 39.7 cm³/mol. The van der Waals surface area contributed by atoms with Crippen LogP contribution in [0.4, 0.5) is 0 Å². The second-order valence-electron chi connectivity index (χ2n) is 1.34. The van der Waals surface area contributed by atoms with Crippen LogP contribution >= 0.6 is 27.9 Å². The number of halogens is 3. The number of hydrogen-bond acceptors (Lipinski definition) is 0. The summed E-state index contributed by atoms with van der Waals surface area (Å²) < 4.78 is 0. The fraction of sp³-hybridized carbons (Fsp3) is 0.167. The summed E-state index contributed by atoms with van der Waals surface area (Å²) in [5, 5.41) is 0. The summed E-state index contributed by atoms with van der Waals surface area (Å²) in [5.41, 5.74) is 0.981. The molecule has 0 aliphatic rings. The van der Waals surface area contributed by atoms with Crippen LogP contribution in [-0.2, 0) is 14.7 Å². The number of rotatable bonds is 0. The van der Waals surface area contributed by atoms with Crippen LogP contribution < -0.4 is 0 Å². The van der Waals surface area contributed by atoms with Gasteiger partial charge in [-0.2, -0.15) is 0 Å². The Morgan fingerprint density at radius 2 is 1.40 bits per heavy atom. The van der Waals surface area contributed by atoms with Crippen molar-refractivity contribution in [3.63, 3.8) is 0 Å². The van der Waals surface area contributed by atoms with Gasteiger partial charge < -0.3 is 29.8 Å². The molecule has 0 saturated heterocycles. The molecule has 0 heterocycles. The van der Waals surface area contributed by atoms with Crippen molar-refractivity contribution >= 4 is 27.9 Å². The fourth-order valence-corrected chi connectivity index (χ4v) is 0.281. The molecule has 10 heavy (non-hydrogen) atoms. The van der Waals surface area contributed by atoms with E-state index in [0.717, 1.165) is 5.56 Å². The maximum absolute atomic E-state index is 4.97. The zero-order valence-corrected chi connectivity index (χ0v) is 8.96. The Labute approximate surface area is 78.9 Å². The van der Waals surface area contributed by atoms with Crippen molar-refractivity contribution in [2.75, 3.05) is 0 Å². The monoisotopic (exact) mass is 228 g/mol. The van der Waals surface area contributed by atoms with E-state index in [2.05, 4.69) is 24.3 Å². The Bertz CT molecular complexity index is 145. The molecule has 0 radical (unpaired) electrons. The van der Waals surface area contributed by atoms with Crippen LogP contribution in [-0.4, -0.2) is 0 Å². The van der Waals surface area contributed by atoms with Gasteiger partial charge in [0, 0.05) is 0 Å². The van der Waals surface area contributed by atoms with Crippen molar-refractivity contribution in [3.8, 4) is 0 Å². The molecule has 0 unspecified atom stereocenters. The van der Waals surface area contributed by atoms with E-state index in [1.54, 1.807) is 0 Å². The van der Waals surface area contributed by atoms with Gasteiger partial charge in [-0.1, -0.05) is 0 Å². The third-order valence-corrected chi connectivity index (χ3v) is 0.562. The third-order valence-electron chi connectivity index (χ3n) is 0.562. The topological polar surface area (TPSA) is 0 Å². The van der Waals surface area contributed by atoms with Crippen molar-refractivity contribution in [2.45, 2.75) is 6.92 Å². The molecular formula is C6H3Cl3Ti-5. The number of aryl methyl sites for hydroxylation is 1. The summed E-state index contributed by atoms with van der Waals surface area (Å²) in [6.07, 6.45) is 0. The Morgan fingerprint density at radius 3 is 1.50 bits per heavy atom. The summed E-state index contributed by atoms with van der Waals surface area (Å²) >= 11 is -1.92. The van der Waals surface area contributed by atoms with Crippen LogP contribution in [0.3, 0.4) is 0 Å². The minimum absolute atomic E-state index is 0.981. The SMILES string of the molecule is C[c-]1[c-][c-][c-][c-]1.[Cl][Ti]([Cl])[Cl]. The number of hydrogen-bond donors (Lipinski definition) is 0. The molecule has 0 spiro atoms. The average Bonchev–Trinajstić information content (AvgIpc) is 2.15. The van der Waals surface area contributed by atoms with Crippen molar-refractivity contribution in [2.24, 2.45) is 0 Å². The van der Waals surface area contributed by atoms with E-state index in [9.17, 15) is 0 Å². The van der Waals surface area contributed by atoms with Gasteiger partial charge in [0.1, 0.15) is 0 Å². The van der Waals surface area contributed by atoms with Crippen LogP contribution in [0, 0.1) is 31.2 Å². The third kappa shape index (κ3) is 8.93. The molecule has 0 nitrogen and oxygen atoms in total. The van der Waals surface area contributed by atoms with Gasteiger partial charge in [-0.05, 0) is 0 Å². The van der Waals surface area contributed by atoms with E-state index in [-0.39, 0.29) is 0 Å². The van der Waals surface area contributed by atoms with E-state index in [1.165, 1.54) is 0 Å². The predicted octanol–water partition coefficient (Wildman–Crippen LogP) is 2.98. The standard InChI is InChI=1S/C6H3.3ClH.Ti/c1-6-4-2-3-5-6;;;;/h1H3;3*1H;/q-5;;;;+3/p-3. The summed E-state index contributed by atoms with van der Waals surface area (Å²) in [4.78, 5) is 0. The fourth-order valence-electron chi connectivity index (χ4n) is 0.281. The van der Waals surface area contributed by atoms with E-state index < -0.39 is 14.7 Å². The van der Waals surface area contributed by atoms with Gasteiger partial charge in [0.05, 0.1) is 0 Å². The molecule has 0 bridgehead atoms. The first-order valence-corrected chi connectivity index (χ1v) is 8.76. The summed E-state index contributed by atoms with van der Waals surface area (Å²) in [6, 6.07) is 10.8. The Hall–Kier alpha value is 0.934. The Balaban J connectivity index is 0.000000180. The molecule has 0 aromatic heterocycles. The molecule has 0 aliphatic carbocycles. The molecule has 4 heteroatoms. The minimum atomic E-state index is -1.92. The summed E-state index contributed by atoms with van der Waals surface area (Å²) in [6.45, 7) is 1.91. The second kappa shape index (κ2) is 6.63. The molecule has 0 aliphatic heterocycles. The molecular weight excluding hydrogens is 226 g/mol. The van der Waals surface area contributed by atoms with E-state index >= 15 is 0 Å². The molecule has 0 amide bonds. The van der Waals surface area contributed by atoms with Crippen molar-refractivity contribution in [3.05, 3.63) is 29.8 Å². The van der Waals surface area contributed by atoms with Crippen molar-refractivity contribution in [1.82, 2.24) is 0 Å². The molecule has 0 atom stereocenters. The zero-order chi connectivity index (χ0) is 7.98. The molecule has 1 aromatic carbocycles. The Morgan fingerprint density at radius 1 is 1.10 bits per heavy atom. The van der Waals surface area contributed by atoms with Crippen LogP contribution in [0.1, 0.15) is 5.56 Å². The van der Waals surface area contributed by atoms with Gasteiger partial charge in [0.15, 0.2) is 0 Å². The molecule has 0 fully saturated rings. The molecule has 57 valence electrons. The van der Waals surface area contributed by atoms with Crippen molar-refractivity contribution < 1.29 is 14.7 Å². The molecule has 1 aromatic rings. The van der Waals surface area contributed by atoms with Gasteiger partial charge in [-0.15, -0.1) is 0 Å². The second-order valence-corrected chi connectivity index (χ2v) is 9.08. The molecule has 0 saturated carbocycles. The quantitative estimate of drug-likeness (QED) is 0.474. The van der Waals surface area contributed by atoms with Gasteiger partial charge in [-0.25, -0.2) is 6.92 Å². The van der Waals surface area contributed by atoms with Crippen LogP contribution in [0.15, 0.2) is 0 Å². The first-order valence-electron chi connectivity index (χ1n) is 2.32. The first-order chi connectivity index (χ1) is 4.63. The van der Waals surface area contributed by atoms with Crippen molar-refractivity contribution in [1.29, 1.82) is 0 Å². The van der Waals surface area contributed by atoms with Gasteiger partial charge in [0.25, 0.3) is 0 Å². The average molecular weight is 229 g/mol. The van der Waals surface area contributed by atoms with E-state index in [1.807, 2.05) is 6.92 Å². The van der Waals surface area contributed by atoms with Crippen LogP contribution in [0.2, 0.25) is 0 Å². The molecule has 1 rings (SSSR count). The molecule has 0 N–H and O–H groups in total. The van der Waals surface area contributed by atoms with Crippen LogP contribution in [0.5, 0.6) is 0 Å². The van der Waals surface area contributed by atoms with Gasteiger partial charge in [0.2, 0.25) is 0 Å². The summed E-state index contributed by atoms with van der Waals surface area (Å²) in [7, 11) is 14.9. The van der Waals surface area contributed by atoms with Gasteiger partial charge in [-0.3, -0.25) is 0 Å². The van der Waals surface area contributed by atoms with Crippen LogP contribution in [0.25, 0.3) is 0 Å². The normalized spacial score (nSPS) is 8.00. The van der Waals surface area contributed by atoms with Gasteiger partial charge >= 0.3 is 42.6 Å². The summed E-state index contributed by atoms with van der Waals surface area (Å²) in [5.74, 6) is 0. The Kier molecular flexibility index (Phi) is 7.25.